The molecule has 1 saturated carbocycles. The van der Waals surface area contributed by atoms with E-state index in [1.807, 2.05) is 0 Å². The van der Waals surface area contributed by atoms with Crippen LogP contribution in [0.1, 0.15) is 74.6 Å². The van der Waals surface area contributed by atoms with Gasteiger partial charge in [-0.15, -0.1) is 0 Å². The lowest BCUT2D eigenvalue weighted by atomic mass is 9.82. The number of hydrogen-bond donors (Lipinski definition) is 1. The van der Waals surface area contributed by atoms with Gasteiger partial charge in [-0.05, 0) is 87.3 Å². The molecular weight excluding hydrogens is 427 g/mol. The fourth-order valence-corrected chi connectivity index (χ4v) is 3.94. The summed E-state index contributed by atoms with van der Waals surface area (Å²) < 4.78 is 43.4. The maximum Gasteiger partial charge on any atom is 0.416 e. The highest BCUT2D eigenvalue weighted by molar-refractivity contribution is 5.87. The van der Waals surface area contributed by atoms with Crippen molar-refractivity contribution in [3.05, 3.63) is 76.9 Å². The van der Waals surface area contributed by atoms with Crippen molar-refractivity contribution in [2.75, 3.05) is 0 Å². The quantitative estimate of drug-likeness (QED) is 0.378. The van der Waals surface area contributed by atoms with Gasteiger partial charge in [-0.3, -0.25) is 0 Å². The lowest BCUT2D eigenvalue weighted by molar-refractivity contribution is -0.144. The second-order valence-corrected chi connectivity index (χ2v) is 9.71. The summed E-state index contributed by atoms with van der Waals surface area (Å²) in [6, 6.07) is 13.4. The number of nitrogens with one attached hydrogen (secondary N) is 1. The number of rotatable bonds is 6. The van der Waals surface area contributed by atoms with Crippen LogP contribution in [0.5, 0.6) is 0 Å². The van der Waals surface area contributed by atoms with Crippen LogP contribution in [-0.2, 0) is 22.3 Å². The van der Waals surface area contributed by atoms with Gasteiger partial charge in [0, 0.05) is 18.2 Å². The van der Waals surface area contributed by atoms with Gasteiger partial charge >= 0.3 is 12.1 Å². The maximum absolute atomic E-state index is 12.6. The van der Waals surface area contributed by atoms with Gasteiger partial charge in [-0.2, -0.15) is 13.2 Å². The van der Waals surface area contributed by atoms with Crippen molar-refractivity contribution in [2.24, 2.45) is 0 Å². The lowest BCUT2D eigenvalue weighted by Crippen LogP contribution is -2.35. The SMILES string of the molecule is CC(C)(C)NCc1ccc([C@H]2CC[C@H](OC(=O)/C=C/c3ccc(C(F)(F)F)cc3)CC2)cc1. The standard InChI is InChI=1S/C27H32F3NO2/c1-26(2,3)31-18-20-4-9-21(10-5-20)22-11-15-24(16-12-22)33-25(32)17-8-19-6-13-23(14-7-19)27(28,29)30/h4-10,13-14,17,22,24,31H,11-12,15-16,18H2,1-3H3/b17-8+/t22-,24-. The average molecular weight is 460 g/mol. The third-order valence-corrected chi connectivity index (χ3v) is 5.88. The van der Waals surface area contributed by atoms with Crippen molar-refractivity contribution >= 4 is 12.0 Å². The number of carbonyl (C=O) groups excluding carboxylic acids is 1. The molecule has 0 atom stereocenters. The van der Waals surface area contributed by atoms with Crippen molar-refractivity contribution in [3.8, 4) is 0 Å². The zero-order valence-corrected chi connectivity index (χ0v) is 19.4. The molecule has 0 amide bonds. The second-order valence-electron chi connectivity index (χ2n) is 9.71. The van der Waals surface area contributed by atoms with Crippen LogP contribution in [-0.4, -0.2) is 17.6 Å². The van der Waals surface area contributed by atoms with E-state index in [1.54, 1.807) is 0 Å². The van der Waals surface area contributed by atoms with Crippen LogP contribution in [0, 0.1) is 0 Å². The Kier molecular flexibility index (Phi) is 8.01. The van der Waals surface area contributed by atoms with Gasteiger partial charge < -0.3 is 10.1 Å². The molecule has 0 aliphatic heterocycles. The molecule has 1 fully saturated rings. The van der Waals surface area contributed by atoms with E-state index in [9.17, 15) is 18.0 Å². The molecule has 2 aromatic rings. The number of ether oxygens (including phenoxy) is 1. The van der Waals surface area contributed by atoms with Gasteiger partial charge in [0.15, 0.2) is 0 Å². The van der Waals surface area contributed by atoms with E-state index in [1.165, 1.54) is 35.4 Å². The molecule has 3 nitrogen and oxygen atoms in total. The first-order valence-electron chi connectivity index (χ1n) is 11.4. The summed E-state index contributed by atoms with van der Waals surface area (Å²) in [6.45, 7) is 7.29. The Morgan fingerprint density at radius 3 is 2.12 bits per heavy atom. The highest BCUT2D eigenvalue weighted by atomic mass is 19.4. The molecule has 0 spiro atoms. The van der Waals surface area contributed by atoms with Crippen LogP contribution in [0.2, 0.25) is 0 Å². The molecule has 33 heavy (non-hydrogen) atoms. The molecule has 0 aromatic heterocycles. The molecule has 6 heteroatoms. The van der Waals surface area contributed by atoms with E-state index in [-0.39, 0.29) is 11.6 Å². The Balaban J connectivity index is 1.44. The molecule has 0 saturated heterocycles. The van der Waals surface area contributed by atoms with Crippen LogP contribution in [0.15, 0.2) is 54.6 Å². The molecule has 3 rings (SSSR count). The van der Waals surface area contributed by atoms with E-state index < -0.39 is 17.7 Å². The molecule has 0 heterocycles. The summed E-state index contributed by atoms with van der Waals surface area (Å²) in [4.78, 5) is 12.1. The van der Waals surface area contributed by atoms with Crippen molar-refractivity contribution in [2.45, 2.75) is 76.7 Å². The number of carbonyl (C=O) groups is 1. The summed E-state index contributed by atoms with van der Waals surface area (Å²) in [6.07, 6.45) is 1.78. The minimum atomic E-state index is -4.37. The predicted molar refractivity (Wildman–Crippen MR) is 125 cm³/mol. The predicted octanol–water partition coefficient (Wildman–Crippen LogP) is 6.88. The largest absolute Gasteiger partial charge is 0.459 e. The highest BCUT2D eigenvalue weighted by Gasteiger charge is 2.30. The summed E-state index contributed by atoms with van der Waals surface area (Å²) in [5.41, 5.74) is 2.47. The molecule has 0 bridgehead atoms. The summed E-state index contributed by atoms with van der Waals surface area (Å²) in [5.74, 6) is 0.00122. The van der Waals surface area contributed by atoms with E-state index >= 15 is 0 Å². The minimum absolute atomic E-state index is 0.0847. The van der Waals surface area contributed by atoms with Crippen molar-refractivity contribution in [3.63, 3.8) is 0 Å². The lowest BCUT2D eigenvalue weighted by Gasteiger charge is -2.28. The second kappa shape index (κ2) is 10.6. The number of hydrogen-bond acceptors (Lipinski definition) is 3. The van der Waals surface area contributed by atoms with Gasteiger partial charge in [0.1, 0.15) is 6.10 Å². The van der Waals surface area contributed by atoms with Crippen LogP contribution >= 0.6 is 0 Å². The smallest absolute Gasteiger partial charge is 0.416 e. The molecule has 1 N–H and O–H groups in total. The average Bonchev–Trinajstić information content (AvgIpc) is 2.76. The van der Waals surface area contributed by atoms with Crippen LogP contribution in [0.4, 0.5) is 13.2 Å². The van der Waals surface area contributed by atoms with Gasteiger partial charge in [0.25, 0.3) is 0 Å². The van der Waals surface area contributed by atoms with E-state index in [4.69, 9.17) is 4.74 Å². The number of halogens is 3. The Morgan fingerprint density at radius 1 is 0.970 bits per heavy atom. The first-order chi connectivity index (χ1) is 15.5. The van der Waals surface area contributed by atoms with Gasteiger partial charge in [-0.1, -0.05) is 36.4 Å². The van der Waals surface area contributed by atoms with Crippen molar-refractivity contribution in [1.82, 2.24) is 5.32 Å². The van der Waals surface area contributed by atoms with Crippen LogP contribution in [0.3, 0.4) is 0 Å². The van der Waals surface area contributed by atoms with Crippen molar-refractivity contribution < 1.29 is 22.7 Å². The molecule has 0 radical (unpaired) electrons. The number of esters is 1. The van der Waals surface area contributed by atoms with Gasteiger partial charge in [0.2, 0.25) is 0 Å². The van der Waals surface area contributed by atoms with E-state index in [0.717, 1.165) is 44.4 Å². The summed E-state index contributed by atoms with van der Waals surface area (Å²) in [5, 5.41) is 3.49. The van der Waals surface area contributed by atoms with Gasteiger partial charge in [-0.25, -0.2) is 4.79 Å². The molecular formula is C27H32F3NO2. The highest BCUT2D eigenvalue weighted by Crippen LogP contribution is 2.34. The normalized spacial score (nSPS) is 19.6. The zero-order valence-electron chi connectivity index (χ0n) is 19.4. The molecule has 1 aliphatic carbocycles. The first-order valence-corrected chi connectivity index (χ1v) is 11.4. The van der Waals surface area contributed by atoms with Crippen LogP contribution in [0.25, 0.3) is 6.08 Å². The fourth-order valence-electron chi connectivity index (χ4n) is 3.94. The fraction of sp³-hybridized carbons (Fsp3) is 0.444. The first kappa shape index (κ1) is 25.0. The number of benzene rings is 2. The molecule has 2 aromatic carbocycles. The van der Waals surface area contributed by atoms with E-state index in [0.29, 0.717) is 11.5 Å². The number of alkyl halides is 3. The van der Waals surface area contributed by atoms with E-state index in [2.05, 4.69) is 50.4 Å². The molecule has 1 aliphatic rings. The maximum atomic E-state index is 12.6. The minimum Gasteiger partial charge on any atom is -0.459 e. The van der Waals surface area contributed by atoms with Crippen LogP contribution < -0.4 is 5.32 Å². The Bertz CT molecular complexity index is 933. The monoisotopic (exact) mass is 459 g/mol. The summed E-state index contributed by atoms with van der Waals surface area (Å²) in [7, 11) is 0. The summed E-state index contributed by atoms with van der Waals surface area (Å²) >= 11 is 0. The van der Waals surface area contributed by atoms with Crippen molar-refractivity contribution in [1.29, 1.82) is 0 Å². The third kappa shape index (κ3) is 8.04. The zero-order chi connectivity index (χ0) is 24.1. The Hall–Kier alpha value is -2.60. The topological polar surface area (TPSA) is 38.3 Å². The Labute approximate surface area is 194 Å². The molecule has 0 unspecified atom stereocenters. The molecule has 178 valence electrons. The third-order valence-electron chi connectivity index (χ3n) is 5.88. The Morgan fingerprint density at radius 2 is 1.58 bits per heavy atom. The van der Waals surface area contributed by atoms with Gasteiger partial charge in [0.05, 0.1) is 5.56 Å².